The van der Waals surface area contributed by atoms with E-state index < -0.39 is 0 Å². The van der Waals surface area contributed by atoms with Gasteiger partial charge in [-0.05, 0) is 44.2 Å². The fourth-order valence-corrected chi connectivity index (χ4v) is 3.91. The van der Waals surface area contributed by atoms with Crippen molar-refractivity contribution in [1.82, 2.24) is 19.8 Å². The number of guanidine groups is 1. The highest BCUT2D eigenvalue weighted by Gasteiger charge is 2.28. The Morgan fingerprint density at radius 3 is 2.90 bits per heavy atom. The first-order valence-corrected chi connectivity index (χ1v) is 10.3. The number of aliphatic imine (C=N–C) groups is 1. The van der Waals surface area contributed by atoms with E-state index in [0.29, 0.717) is 12.0 Å². The molecule has 2 heterocycles. The molecule has 29 heavy (non-hydrogen) atoms. The number of halogens is 1. The summed E-state index contributed by atoms with van der Waals surface area (Å²) in [6, 6.07) is 6.75. The van der Waals surface area contributed by atoms with Crippen LogP contribution in [0.25, 0.3) is 0 Å². The first kappa shape index (κ1) is 23.5. The number of rotatable bonds is 6. The lowest BCUT2D eigenvalue weighted by molar-refractivity contribution is 0.189. The zero-order valence-electron chi connectivity index (χ0n) is 18.0. The van der Waals surface area contributed by atoms with Crippen LogP contribution < -0.4 is 10.1 Å². The number of aryl methyl sites for hydroxylation is 1. The molecule has 1 N–H and O–H groups in total. The maximum absolute atomic E-state index is 5.51. The number of ether oxygens (including phenoxy) is 1. The maximum atomic E-state index is 5.51. The Balaban J connectivity index is 0.00000300. The maximum Gasteiger partial charge on any atom is 0.193 e. The van der Waals surface area contributed by atoms with Crippen molar-refractivity contribution in [1.29, 1.82) is 0 Å². The van der Waals surface area contributed by atoms with Crippen LogP contribution in [-0.4, -0.2) is 53.7 Å². The molecular formula is C22H34IN5O. The summed E-state index contributed by atoms with van der Waals surface area (Å²) in [5, 5.41) is 3.48. The number of likely N-dealkylation sites (tertiary alicyclic amines) is 1. The molecule has 0 radical (unpaired) electrons. The quantitative estimate of drug-likeness (QED) is 0.363. The molecule has 0 saturated carbocycles. The van der Waals surface area contributed by atoms with Crippen molar-refractivity contribution in [3.63, 3.8) is 0 Å². The predicted octanol–water partition coefficient (Wildman–Crippen LogP) is 3.91. The van der Waals surface area contributed by atoms with E-state index in [-0.39, 0.29) is 24.0 Å². The molecule has 6 nitrogen and oxygen atoms in total. The Hall–Kier alpha value is -1.77. The first-order chi connectivity index (χ1) is 13.6. The van der Waals surface area contributed by atoms with Gasteiger partial charge in [-0.3, -0.25) is 4.99 Å². The van der Waals surface area contributed by atoms with Crippen molar-refractivity contribution in [3.8, 4) is 5.75 Å². The fourth-order valence-electron chi connectivity index (χ4n) is 3.91. The molecule has 1 aromatic heterocycles. The molecule has 0 bridgehead atoms. The van der Waals surface area contributed by atoms with Gasteiger partial charge in [-0.2, -0.15) is 0 Å². The van der Waals surface area contributed by atoms with E-state index in [0.717, 1.165) is 50.7 Å². The zero-order chi connectivity index (χ0) is 19.9. The number of piperidine rings is 1. The molecule has 0 spiro atoms. The van der Waals surface area contributed by atoms with Gasteiger partial charge in [0.25, 0.3) is 0 Å². The van der Waals surface area contributed by atoms with E-state index in [4.69, 9.17) is 9.73 Å². The highest BCUT2D eigenvalue weighted by Crippen LogP contribution is 2.27. The Bertz CT molecular complexity index is 778. The predicted molar refractivity (Wildman–Crippen MR) is 129 cm³/mol. The van der Waals surface area contributed by atoms with Gasteiger partial charge in [-0.1, -0.05) is 24.6 Å². The third-order valence-electron chi connectivity index (χ3n) is 5.54. The van der Waals surface area contributed by atoms with Gasteiger partial charge in [0.2, 0.25) is 0 Å². The van der Waals surface area contributed by atoms with Gasteiger partial charge < -0.3 is 19.5 Å². The highest BCUT2D eigenvalue weighted by molar-refractivity contribution is 14.0. The summed E-state index contributed by atoms with van der Waals surface area (Å²) in [6.45, 7) is 10.2. The molecule has 1 aromatic carbocycles. The summed E-state index contributed by atoms with van der Waals surface area (Å²) < 4.78 is 7.74. The number of hydrogen-bond acceptors (Lipinski definition) is 3. The smallest absolute Gasteiger partial charge is 0.193 e. The van der Waals surface area contributed by atoms with Crippen LogP contribution in [0.1, 0.15) is 37.4 Å². The molecule has 2 aromatic rings. The summed E-state index contributed by atoms with van der Waals surface area (Å²) in [6.07, 6.45) is 7.88. The molecule has 0 aliphatic carbocycles. The van der Waals surface area contributed by atoms with Crippen LogP contribution in [0.15, 0.2) is 41.9 Å². The van der Waals surface area contributed by atoms with Gasteiger partial charge in [0.05, 0.1) is 19.5 Å². The Labute approximate surface area is 191 Å². The number of hydrogen-bond donors (Lipinski definition) is 1. The monoisotopic (exact) mass is 511 g/mol. The zero-order valence-corrected chi connectivity index (χ0v) is 20.3. The van der Waals surface area contributed by atoms with Gasteiger partial charge in [-0.25, -0.2) is 4.98 Å². The van der Waals surface area contributed by atoms with Crippen molar-refractivity contribution in [3.05, 3.63) is 48.0 Å². The van der Waals surface area contributed by atoms with E-state index in [1.54, 1.807) is 7.11 Å². The van der Waals surface area contributed by atoms with Gasteiger partial charge in [0.1, 0.15) is 5.75 Å². The topological polar surface area (TPSA) is 54.7 Å². The Kier molecular flexibility index (Phi) is 9.26. The molecule has 1 fully saturated rings. The van der Waals surface area contributed by atoms with Crippen LogP contribution in [-0.2, 0) is 6.42 Å². The van der Waals surface area contributed by atoms with E-state index in [2.05, 4.69) is 58.9 Å². The molecule has 0 amide bonds. The minimum atomic E-state index is 0. The van der Waals surface area contributed by atoms with Crippen molar-refractivity contribution < 1.29 is 4.74 Å². The third-order valence-corrected chi connectivity index (χ3v) is 5.54. The van der Waals surface area contributed by atoms with Crippen LogP contribution in [0.5, 0.6) is 5.75 Å². The van der Waals surface area contributed by atoms with Crippen molar-refractivity contribution in [2.75, 3.05) is 33.3 Å². The summed E-state index contributed by atoms with van der Waals surface area (Å²) >= 11 is 0. The minimum Gasteiger partial charge on any atom is -0.496 e. The number of aromatic nitrogens is 2. The van der Waals surface area contributed by atoms with Crippen molar-refractivity contribution in [2.45, 2.75) is 39.7 Å². The molecule has 3 rings (SSSR count). The van der Waals surface area contributed by atoms with Gasteiger partial charge >= 0.3 is 0 Å². The Morgan fingerprint density at radius 2 is 2.21 bits per heavy atom. The molecule has 2 unspecified atom stereocenters. The van der Waals surface area contributed by atoms with Crippen LogP contribution >= 0.6 is 24.0 Å². The van der Waals surface area contributed by atoms with Crippen molar-refractivity contribution >= 4 is 29.9 Å². The fraction of sp³-hybridized carbons (Fsp3) is 0.545. The Morgan fingerprint density at radius 1 is 1.38 bits per heavy atom. The third kappa shape index (κ3) is 6.10. The van der Waals surface area contributed by atoms with Gasteiger partial charge in [0, 0.05) is 38.6 Å². The second-order valence-electron chi connectivity index (χ2n) is 7.59. The normalized spacial score (nSPS) is 19.6. The van der Waals surface area contributed by atoms with E-state index >= 15 is 0 Å². The number of nitrogens with one attached hydrogen (secondary N) is 1. The highest BCUT2D eigenvalue weighted by atomic mass is 127. The molecule has 1 aliphatic heterocycles. The van der Waals surface area contributed by atoms with E-state index in [1.807, 2.05) is 18.6 Å². The summed E-state index contributed by atoms with van der Waals surface area (Å²) in [7, 11) is 1.73. The van der Waals surface area contributed by atoms with Gasteiger partial charge in [-0.15, -0.1) is 24.0 Å². The first-order valence-electron chi connectivity index (χ1n) is 10.3. The molecule has 2 atom stereocenters. The lowest BCUT2D eigenvalue weighted by Gasteiger charge is -2.39. The average molecular weight is 511 g/mol. The van der Waals surface area contributed by atoms with Crippen LogP contribution in [0.2, 0.25) is 0 Å². The van der Waals surface area contributed by atoms with Crippen LogP contribution in [0, 0.1) is 12.8 Å². The minimum absolute atomic E-state index is 0. The molecule has 1 saturated heterocycles. The van der Waals surface area contributed by atoms with Crippen molar-refractivity contribution in [2.24, 2.45) is 10.9 Å². The lowest BCUT2D eigenvalue weighted by Crippen LogP contribution is -2.49. The second-order valence-corrected chi connectivity index (χ2v) is 7.59. The average Bonchev–Trinajstić information content (AvgIpc) is 3.22. The van der Waals surface area contributed by atoms with E-state index in [1.165, 1.54) is 11.1 Å². The summed E-state index contributed by atoms with van der Waals surface area (Å²) in [4.78, 5) is 11.6. The number of benzene rings is 1. The second kappa shape index (κ2) is 11.4. The van der Waals surface area contributed by atoms with Crippen LogP contribution in [0.4, 0.5) is 0 Å². The molecule has 7 heteroatoms. The standard InChI is InChI=1S/C22H33N5O.HI/c1-5-24-22(25-10-8-19-14-17(2)6-7-21(19)28-4)26-12-9-18(3)20(15-26)27-13-11-23-16-27;/h6-7,11,13-14,16,18,20H,5,8-10,12,15H2,1-4H3,(H,24,25);1H. The molecular weight excluding hydrogens is 477 g/mol. The molecule has 1 aliphatic rings. The van der Waals surface area contributed by atoms with Gasteiger partial charge in [0.15, 0.2) is 5.96 Å². The molecule has 160 valence electrons. The lowest BCUT2D eigenvalue weighted by atomic mass is 9.93. The summed E-state index contributed by atoms with van der Waals surface area (Å²) in [5.41, 5.74) is 2.46. The summed E-state index contributed by atoms with van der Waals surface area (Å²) in [5.74, 6) is 2.58. The largest absolute Gasteiger partial charge is 0.496 e. The number of imidazole rings is 1. The van der Waals surface area contributed by atoms with E-state index in [9.17, 15) is 0 Å². The van der Waals surface area contributed by atoms with Crippen LogP contribution in [0.3, 0.4) is 0 Å². The SMILES string of the molecule is CCNC(=NCCc1cc(C)ccc1OC)N1CCC(C)C(n2ccnc2)C1.I. The number of methoxy groups -OCH3 is 1. The number of nitrogens with zero attached hydrogens (tertiary/aromatic N) is 4.